The molecule has 15 heavy (non-hydrogen) atoms. The molecule has 1 heterocycles. The van der Waals surface area contributed by atoms with E-state index in [-0.39, 0.29) is 12.1 Å². The van der Waals surface area contributed by atoms with Crippen LogP contribution in [0.15, 0.2) is 4.52 Å². The number of hydrogen-bond donors (Lipinski definition) is 1. The van der Waals surface area contributed by atoms with Gasteiger partial charge in [-0.05, 0) is 13.3 Å². The molecule has 5 nitrogen and oxygen atoms in total. The summed E-state index contributed by atoms with van der Waals surface area (Å²) in [6.45, 7) is 4.00. The molecule has 0 spiro atoms. The van der Waals surface area contributed by atoms with Gasteiger partial charge in [0.15, 0.2) is 0 Å². The first-order chi connectivity index (χ1) is 7.17. The van der Waals surface area contributed by atoms with Crippen molar-refractivity contribution in [1.29, 1.82) is 0 Å². The molecule has 0 aliphatic carbocycles. The molecule has 2 N–H and O–H groups in total. The maximum atomic E-state index is 5.64. The van der Waals surface area contributed by atoms with Crippen molar-refractivity contribution in [2.45, 2.75) is 45.3 Å². The van der Waals surface area contributed by atoms with Crippen LogP contribution in [-0.4, -0.2) is 23.3 Å². The summed E-state index contributed by atoms with van der Waals surface area (Å²) < 4.78 is 10.4. The highest BCUT2D eigenvalue weighted by Crippen LogP contribution is 2.18. The monoisotopic (exact) mass is 213 g/mol. The highest BCUT2D eigenvalue weighted by atomic mass is 16.5. The van der Waals surface area contributed by atoms with Gasteiger partial charge in [0, 0.05) is 19.6 Å². The van der Waals surface area contributed by atoms with Crippen LogP contribution >= 0.6 is 0 Å². The van der Waals surface area contributed by atoms with Crippen LogP contribution in [0.5, 0.6) is 0 Å². The van der Waals surface area contributed by atoms with Crippen LogP contribution in [0.25, 0.3) is 0 Å². The highest BCUT2D eigenvalue weighted by molar-refractivity contribution is 4.92. The largest absolute Gasteiger partial charge is 0.373 e. The lowest BCUT2D eigenvalue weighted by molar-refractivity contribution is 0.0854. The molecule has 1 aromatic rings. The van der Waals surface area contributed by atoms with E-state index in [0.717, 1.165) is 12.8 Å². The molecule has 0 saturated heterocycles. The average molecular weight is 213 g/mol. The van der Waals surface area contributed by atoms with E-state index in [9.17, 15) is 0 Å². The van der Waals surface area contributed by atoms with E-state index >= 15 is 0 Å². The number of methoxy groups -OCH3 is 1. The summed E-state index contributed by atoms with van der Waals surface area (Å²) in [6, 6.07) is 0.0328. The summed E-state index contributed by atoms with van der Waals surface area (Å²) in [5.41, 5.74) is 5.64. The van der Waals surface area contributed by atoms with Crippen LogP contribution in [0.2, 0.25) is 0 Å². The van der Waals surface area contributed by atoms with E-state index < -0.39 is 0 Å². The van der Waals surface area contributed by atoms with Crippen LogP contribution in [-0.2, 0) is 11.2 Å². The van der Waals surface area contributed by atoms with Gasteiger partial charge in [-0.3, -0.25) is 0 Å². The summed E-state index contributed by atoms with van der Waals surface area (Å²) in [7, 11) is 1.65. The third-order valence-electron chi connectivity index (χ3n) is 2.10. The minimum absolute atomic E-state index is 0.0328. The third-order valence-corrected chi connectivity index (χ3v) is 2.10. The molecular formula is C10H19N3O2. The molecule has 0 aliphatic rings. The second kappa shape index (κ2) is 5.82. The molecule has 0 fully saturated rings. The number of ether oxygens (including phenoxy) is 1. The normalized spacial score (nSPS) is 15.2. The van der Waals surface area contributed by atoms with Gasteiger partial charge >= 0.3 is 0 Å². The van der Waals surface area contributed by atoms with Gasteiger partial charge in [-0.25, -0.2) is 0 Å². The molecule has 0 aliphatic heterocycles. The molecule has 1 rings (SSSR count). The lowest BCUT2D eigenvalue weighted by atomic mass is 10.2. The molecule has 0 aromatic carbocycles. The van der Waals surface area contributed by atoms with Crippen molar-refractivity contribution in [1.82, 2.24) is 10.1 Å². The predicted octanol–water partition coefficient (Wildman–Crippen LogP) is 1.45. The summed E-state index contributed by atoms with van der Waals surface area (Å²) in [5, 5.41) is 3.89. The number of hydrogen-bond acceptors (Lipinski definition) is 5. The second-order valence-corrected chi connectivity index (χ2v) is 3.74. The van der Waals surface area contributed by atoms with Gasteiger partial charge in [0.2, 0.25) is 11.7 Å². The van der Waals surface area contributed by atoms with Crippen molar-refractivity contribution in [3.8, 4) is 0 Å². The van der Waals surface area contributed by atoms with Crippen molar-refractivity contribution < 1.29 is 9.26 Å². The van der Waals surface area contributed by atoms with Crippen molar-refractivity contribution in [2.24, 2.45) is 5.73 Å². The fourth-order valence-corrected chi connectivity index (χ4v) is 1.37. The number of rotatable bonds is 6. The maximum absolute atomic E-state index is 5.64. The first-order valence-corrected chi connectivity index (χ1v) is 5.28. The Balaban J connectivity index is 2.64. The van der Waals surface area contributed by atoms with Crippen LogP contribution in [0, 0.1) is 0 Å². The van der Waals surface area contributed by atoms with Gasteiger partial charge in [0.25, 0.3) is 0 Å². The lowest BCUT2D eigenvalue weighted by Gasteiger charge is -2.08. The molecule has 5 heteroatoms. The van der Waals surface area contributed by atoms with Crippen molar-refractivity contribution in [3.05, 3.63) is 11.7 Å². The second-order valence-electron chi connectivity index (χ2n) is 3.74. The van der Waals surface area contributed by atoms with Gasteiger partial charge in [0.1, 0.15) is 6.10 Å². The zero-order chi connectivity index (χ0) is 11.3. The number of nitrogens with two attached hydrogens (primary N) is 1. The fraction of sp³-hybridized carbons (Fsp3) is 0.800. The molecule has 86 valence electrons. The van der Waals surface area contributed by atoms with E-state index in [1.807, 2.05) is 6.92 Å². The van der Waals surface area contributed by atoms with Crippen molar-refractivity contribution in [3.63, 3.8) is 0 Å². The summed E-state index contributed by atoms with van der Waals surface area (Å²) in [5.74, 6) is 1.20. The van der Waals surface area contributed by atoms with Gasteiger partial charge in [0.05, 0.1) is 0 Å². The topological polar surface area (TPSA) is 74.2 Å². The van der Waals surface area contributed by atoms with Crippen LogP contribution < -0.4 is 5.73 Å². The zero-order valence-corrected chi connectivity index (χ0v) is 9.56. The Morgan fingerprint density at radius 2 is 2.27 bits per heavy atom. The molecule has 0 amide bonds. The molecule has 0 bridgehead atoms. The van der Waals surface area contributed by atoms with Gasteiger partial charge in [-0.15, -0.1) is 0 Å². The van der Waals surface area contributed by atoms with Crippen LogP contribution in [0.3, 0.4) is 0 Å². The zero-order valence-electron chi connectivity index (χ0n) is 9.56. The Kier molecular flexibility index (Phi) is 4.71. The summed E-state index contributed by atoms with van der Waals surface area (Å²) in [6.07, 6.45) is 2.46. The molecular weight excluding hydrogens is 194 g/mol. The number of aromatic nitrogens is 2. The van der Waals surface area contributed by atoms with Crippen LogP contribution in [0.1, 0.15) is 44.5 Å². The van der Waals surface area contributed by atoms with Crippen molar-refractivity contribution >= 4 is 0 Å². The van der Waals surface area contributed by atoms with E-state index in [1.54, 1.807) is 7.11 Å². The lowest BCUT2D eigenvalue weighted by Crippen LogP contribution is -2.18. The van der Waals surface area contributed by atoms with Gasteiger partial charge in [-0.1, -0.05) is 18.5 Å². The van der Waals surface area contributed by atoms with E-state index in [0.29, 0.717) is 18.1 Å². The first-order valence-electron chi connectivity index (χ1n) is 5.28. The Hall–Kier alpha value is -0.940. The van der Waals surface area contributed by atoms with Gasteiger partial charge < -0.3 is 15.0 Å². The smallest absolute Gasteiger partial charge is 0.228 e. The number of nitrogens with zero attached hydrogens (tertiary/aromatic N) is 2. The van der Waals surface area contributed by atoms with Crippen LogP contribution in [0.4, 0.5) is 0 Å². The molecule has 2 atom stereocenters. The molecule has 1 aromatic heterocycles. The summed E-state index contributed by atoms with van der Waals surface area (Å²) >= 11 is 0. The highest BCUT2D eigenvalue weighted by Gasteiger charge is 2.17. The Labute approximate surface area is 90.0 Å². The first kappa shape index (κ1) is 12.1. The minimum Gasteiger partial charge on any atom is -0.373 e. The van der Waals surface area contributed by atoms with Crippen molar-refractivity contribution in [2.75, 3.05) is 7.11 Å². The third kappa shape index (κ3) is 3.60. The fourth-order valence-electron chi connectivity index (χ4n) is 1.37. The molecule has 0 saturated carbocycles. The van der Waals surface area contributed by atoms with E-state index in [4.69, 9.17) is 15.0 Å². The standard InChI is InChI=1S/C10H19N3O2/c1-4-5-8(14-3)10-12-9(15-13-10)6-7(2)11/h7-8H,4-6,11H2,1-3H3. The Morgan fingerprint density at radius 1 is 1.53 bits per heavy atom. The molecule has 0 radical (unpaired) electrons. The Morgan fingerprint density at radius 3 is 2.80 bits per heavy atom. The Bertz CT molecular complexity index is 286. The quantitative estimate of drug-likeness (QED) is 0.774. The summed E-state index contributed by atoms with van der Waals surface area (Å²) in [4.78, 5) is 4.26. The molecule has 2 unspecified atom stereocenters. The minimum atomic E-state index is -0.0689. The predicted molar refractivity (Wildman–Crippen MR) is 56.3 cm³/mol. The van der Waals surface area contributed by atoms with E-state index in [1.165, 1.54) is 0 Å². The SMILES string of the molecule is CCCC(OC)c1noc(CC(C)N)n1. The van der Waals surface area contributed by atoms with E-state index in [2.05, 4.69) is 17.1 Å². The average Bonchev–Trinajstić information content (AvgIpc) is 2.61. The van der Waals surface area contributed by atoms with Gasteiger partial charge in [-0.2, -0.15) is 4.98 Å². The maximum Gasteiger partial charge on any atom is 0.228 e.